The highest BCUT2D eigenvalue weighted by Gasteiger charge is 2.31. The van der Waals surface area contributed by atoms with E-state index in [2.05, 4.69) is 10.3 Å². The van der Waals surface area contributed by atoms with Crippen molar-refractivity contribution in [3.63, 3.8) is 0 Å². The van der Waals surface area contributed by atoms with Crippen molar-refractivity contribution in [2.75, 3.05) is 13.2 Å². The van der Waals surface area contributed by atoms with E-state index in [1.807, 2.05) is 13.2 Å². The SMILES string of the molecule is Cn1cc(CC2(O)CCCOC2)nn1. The molecule has 1 saturated heterocycles. The predicted octanol–water partition coefficient (Wildman–Crippen LogP) is -0.101. The van der Waals surface area contributed by atoms with Crippen LogP contribution in [0.5, 0.6) is 0 Å². The molecule has 0 amide bonds. The van der Waals surface area contributed by atoms with E-state index >= 15 is 0 Å². The zero-order valence-electron chi connectivity index (χ0n) is 8.31. The molecule has 1 aliphatic heterocycles. The molecule has 1 fully saturated rings. The molecule has 1 aliphatic rings. The van der Waals surface area contributed by atoms with Crippen LogP contribution in [0.4, 0.5) is 0 Å². The lowest BCUT2D eigenvalue weighted by Gasteiger charge is -2.31. The summed E-state index contributed by atoms with van der Waals surface area (Å²) in [5.74, 6) is 0. The van der Waals surface area contributed by atoms with Crippen LogP contribution in [0.3, 0.4) is 0 Å². The molecule has 0 spiro atoms. The fourth-order valence-corrected chi connectivity index (χ4v) is 1.79. The summed E-state index contributed by atoms with van der Waals surface area (Å²) in [6, 6.07) is 0. The van der Waals surface area contributed by atoms with Crippen molar-refractivity contribution in [1.82, 2.24) is 15.0 Å². The zero-order valence-corrected chi connectivity index (χ0v) is 8.31. The van der Waals surface area contributed by atoms with Gasteiger partial charge in [-0.05, 0) is 12.8 Å². The molecule has 1 atom stereocenters. The summed E-state index contributed by atoms with van der Waals surface area (Å²) in [6.07, 6.45) is 4.05. The van der Waals surface area contributed by atoms with Crippen LogP contribution in [-0.2, 0) is 18.2 Å². The van der Waals surface area contributed by atoms with Crippen molar-refractivity contribution < 1.29 is 9.84 Å². The molecule has 2 heterocycles. The van der Waals surface area contributed by atoms with Gasteiger partial charge in [0.25, 0.3) is 0 Å². The molecule has 0 bridgehead atoms. The normalized spacial score (nSPS) is 27.9. The minimum absolute atomic E-state index is 0.406. The molecule has 5 nitrogen and oxygen atoms in total. The van der Waals surface area contributed by atoms with Gasteiger partial charge in [0, 0.05) is 26.3 Å². The average molecular weight is 197 g/mol. The molecular formula is C9H15N3O2. The summed E-state index contributed by atoms with van der Waals surface area (Å²) in [5, 5.41) is 17.9. The molecule has 1 unspecified atom stereocenters. The Hall–Kier alpha value is -0.940. The van der Waals surface area contributed by atoms with Gasteiger partial charge < -0.3 is 9.84 Å². The second-order valence-corrected chi connectivity index (χ2v) is 3.94. The van der Waals surface area contributed by atoms with Gasteiger partial charge in [0.2, 0.25) is 0 Å². The number of aliphatic hydroxyl groups is 1. The second kappa shape index (κ2) is 3.67. The van der Waals surface area contributed by atoms with Crippen molar-refractivity contribution in [3.05, 3.63) is 11.9 Å². The first kappa shape index (κ1) is 9.61. The number of rotatable bonds is 2. The Morgan fingerprint density at radius 3 is 3.14 bits per heavy atom. The Kier molecular flexibility index (Phi) is 2.52. The van der Waals surface area contributed by atoms with Crippen LogP contribution >= 0.6 is 0 Å². The third-order valence-electron chi connectivity index (χ3n) is 2.46. The van der Waals surface area contributed by atoms with E-state index in [0.717, 1.165) is 25.1 Å². The molecule has 0 radical (unpaired) electrons. The number of aryl methyl sites for hydroxylation is 1. The Bertz CT molecular complexity index is 305. The van der Waals surface area contributed by atoms with E-state index in [4.69, 9.17) is 4.74 Å². The number of nitrogens with zero attached hydrogens (tertiary/aromatic N) is 3. The Morgan fingerprint density at radius 1 is 1.71 bits per heavy atom. The largest absolute Gasteiger partial charge is 0.387 e. The van der Waals surface area contributed by atoms with E-state index in [-0.39, 0.29) is 0 Å². The first-order valence-electron chi connectivity index (χ1n) is 4.83. The van der Waals surface area contributed by atoms with E-state index in [9.17, 15) is 5.11 Å². The fourth-order valence-electron chi connectivity index (χ4n) is 1.79. The fraction of sp³-hybridized carbons (Fsp3) is 0.778. The van der Waals surface area contributed by atoms with Gasteiger partial charge in [0.15, 0.2) is 0 Å². The number of ether oxygens (including phenoxy) is 1. The monoisotopic (exact) mass is 197 g/mol. The lowest BCUT2D eigenvalue weighted by Crippen LogP contribution is -2.40. The third kappa shape index (κ3) is 2.10. The first-order chi connectivity index (χ1) is 6.68. The highest BCUT2D eigenvalue weighted by molar-refractivity contribution is 5.00. The number of hydrogen-bond acceptors (Lipinski definition) is 4. The van der Waals surface area contributed by atoms with Gasteiger partial charge in [-0.1, -0.05) is 5.21 Å². The van der Waals surface area contributed by atoms with Gasteiger partial charge in [-0.2, -0.15) is 0 Å². The van der Waals surface area contributed by atoms with Crippen LogP contribution in [0.1, 0.15) is 18.5 Å². The highest BCUT2D eigenvalue weighted by atomic mass is 16.5. The van der Waals surface area contributed by atoms with Crippen molar-refractivity contribution in [1.29, 1.82) is 0 Å². The maximum atomic E-state index is 10.1. The van der Waals surface area contributed by atoms with Crippen LogP contribution in [-0.4, -0.2) is 38.9 Å². The van der Waals surface area contributed by atoms with Crippen molar-refractivity contribution in [2.45, 2.75) is 24.9 Å². The van der Waals surface area contributed by atoms with E-state index in [0.29, 0.717) is 13.0 Å². The summed E-state index contributed by atoms with van der Waals surface area (Å²) in [4.78, 5) is 0. The van der Waals surface area contributed by atoms with Crippen LogP contribution in [0.15, 0.2) is 6.20 Å². The number of aromatic nitrogens is 3. The molecule has 1 aromatic heterocycles. The standard InChI is InChI=1S/C9H15N3O2/c1-12-6-8(10-11-12)5-9(13)3-2-4-14-7-9/h6,13H,2-5,7H2,1H3. The van der Waals surface area contributed by atoms with Crippen LogP contribution < -0.4 is 0 Å². The van der Waals surface area contributed by atoms with E-state index < -0.39 is 5.60 Å². The minimum atomic E-state index is -0.742. The van der Waals surface area contributed by atoms with Gasteiger partial charge in [0.1, 0.15) is 0 Å². The third-order valence-corrected chi connectivity index (χ3v) is 2.46. The summed E-state index contributed by atoms with van der Waals surface area (Å²) in [6.45, 7) is 1.16. The quantitative estimate of drug-likeness (QED) is 0.719. The molecule has 14 heavy (non-hydrogen) atoms. The van der Waals surface area contributed by atoms with Gasteiger partial charge in [-0.25, -0.2) is 0 Å². The van der Waals surface area contributed by atoms with Crippen molar-refractivity contribution >= 4 is 0 Å². The molecule has 78 valence electrons. The molecule has 5 heteroatoms. The topological polar surface area (TPSA) is 60.2 Å². The molecule has 0 saturated carbocycles. The maximum absolute atomic E-state index is 10.1. The summed E-state index contributed by atoms with van der Waals surface area (Å²) in [7, 11) is 1.82. The molecule has 1 aromatic rings. The Morgan fingerprint density at radius 2 is 2.57 bits per heavy atom. The first-order valence-corrected chi connectivity index (χ1v) is 4.83. The predicted molar refractivity (Wildman–Crippen MR) is 49.7 cm³/mol. The zero-order chi connectivity index (χ0) is 10.0. The van der Waals surface area contributed by atoms with E-state index in [1.165, 1.54) is 0 Å². The lowest BCUT2D eigenvalue weighted by molar-refractivity contribution is -0.0849. The summed E-state index contributed by atoms with van der Waals surface area (Å²) >= 11 is 0. The Labute approximate surface area is 82.7 Å². The Balaban J connectivity index is 2.01. The molecule has 0 aromatic carbocycles. The molecule has 0 aliphatic carbocycles. The molecule has 2 rings (SSSR count). The highest BCUT2D eigenvalue weighted by Crippen LogP contribution is 2.22. The van der Waals surface area contributed by atoms with Crippen LogP contribution in [0.2, 0.25) is 0 Å². The van der Waals surface area contributed by atoms with Crippen molar-refractivity contribution in [3.8, 4) is 0 Å². The molecule has 1 N–H and O–H groups in total. The van der Waals surface area contributed by atoms with Gasteiger partial charge in [0.05, 0.1) is 17.9 Å². The lowest BCUT2D eigenvalue weighted by atomic mass is 9.92. The van der Waals surface area contributed by atoms with Gasteiger partial charge in [-0.3, -0.25) is 4.68 Å². The van der Waals surface area contributed by atoms with Crippen LogP contribution in [0, 0.1) is 0 Å². The maximum Gasteiger partial charge on any atom is 0.0937 e. The van der Waals surface area contributed by atoms with Gasteiger partial charge >= 0.3 is 0 Å². The smallest absolute Gasteiger partial charge is 0.0937 e. The molecular weight excluding hydrogens is 182 g/mol. The minimum Gasteiger partial charge on any atom is -0.387 e. The van der Waals surface area contributed by atoms with Crippen molar-refractivity contribution in [2.24, 2.45) is 7.05 Å². The second-order valence-electron chi connectivity index (χ2n) is 3.94. The van der Waals surface area contributed by atoms with Gasteiger partial charge in [-0.15, -0.1) is 5.10 Å². The van der Waals surface area contributed by atoms with Crippen LogP contribution in [0.25, 0.3) is 0 Å². The summed E-state index contributed by atoms with van der Waals surface area (Å²) in [5.41, 5.74) is 0.0781. The summed E-state index contributed by atoms with van der Waals surface area (Å²) < 4.78 is 6.90. The average Bonchev–Trinajstić information content (AvgIpc) is 2.51. The number of hydrogen-bond donors (Lipinski definition) is 1. The van der Waals surface area contributed by atoms with E-state index in [1.54, 1.807) is 4.68 Å².